The molecular formula is C15H24F2IN3O. The number of alkyl halides is 2. The number of hydrogen-bond donors (Lipinski definition) is 2. The number of ether oxygens (including phenoxy) is 1. The van der Waals surface area contributed by atoms with Gasteiger partial charge in [0.1, 0.15) is 5.75 Å². The van der Waals surface area contributed by atoms with Crippen molar-refractivity contribution in [3.63, 3.8) is 0 Å². The van der Waals surface area contributed by atoms with Gasteiger partial charge in [0.15, 0.2) is 5.96 Å². The van der Waals surface area contributed by atoms with Crippen LogP contribution in [0.5, 0.6) is 5.75 Å². The van der Waals surface area contributed by atoms with Crippen molar-refractivity contribution in [1.29, 1.82) is 0 Å². The zero-order valence-electron chi connectivity index (χ0n) is 12.7. The molecule has 4 nitrogen and oxygen atoms in total. The van der Waals surface area contributed by atoms with Gasteiger partial charge in [0, 0.05) is 6.54 Å². The average molecular weight is 427 g/mol. The zero-order valence-corrected chi connectivity index (χ0v) is 15.1. The molecule has 0 heterocycles. The molecule has 0 bridgehead atoms. The van der Waals surface area contributed by atoms with E-state index in [2.05, 4.69) is 22.0 Å². The van der Waals surface area contributed by atoms with Gasteiger partial charge in [0.2, 0.25) is 0 Å². The average Bonchev–Trinajstić information content (AvgIpc) is 2.44. The number of rotatable bonds is 9. The molecule has 1 aromatic carbocycles. The minimum atomic E-state index is -2.82. The highest BCUT2D eigenvalue weighted by atomic mass is 127. The molecule has 0 aromatic heterocycles. The Hall–Kier alpha value is -1.12. The molecule has 0 aliphatic carbocycles. The van der Waals surface area contributed by atoms with Gasteiger partial charge in [0.25, 0.3) is 0 Å². The molecular weight excluding hydrogens is 403 g/mol. The summed E-state index contributed by atoms with van der Waals surface area (Å²) < 4.78 is 28.6. The van der Waals surface area contributed by atoms with Crippen LogP contribution in [-0.4, -0.2) is 19.1 Å². The van der Waals surface area contributed by atoms with Gasteiger partial charge in [-0.1, -0.05) is 38.3 Å². The highest BCUT2D eigenvalue weighted by molar-refractivity contribution is 14.0. The van der Waals surface area contributed by atoms with Gasteiger partial charge in [-0.2, -0.15) is 8.78 Å². The molecule has 1 rings (SSSR count). The van der Waals surface area contributed by atoms with Crippen molar-refractivity contribution in [2.24, 2.45) is 10.7 Å². The largest absolute Gasteiger partial charge is 0.435 e. The Morgan fingerprint density at radius 3 is 2.77 bits per heavy atom. The molecule has 0 saturated heterocycles. The van der Waals surface area contributed by atoms with Crippen molar-refractivity contribution in [3.05, 3.63) is 29.8 Å². The van der Waals surface area contributed by atoms with Crippen molar-refractivity contribution in [2.75, 3.05) is 6.54 Å². The molecule has 126 valence electrons. The molecule has 0 spiro atoms. The summed E-state index contributed by atoms with van der Waals surface area (Å²) in [6.07, 6.45) is 4.64. The molecule has 0 fully saturated rings. The van der Waals surface area contributed by atoms with E-state index in [-0.39, 0.29) is 29.7 Å². The zero-order chi connectivity index (χ0) is 15.5. The third kappa shape index (κ3) is 9.75. The first kappa shape index (κ1) is 20.9. The van der Waals surface area contributed by atoms with Gasteiger partial charge < -0.3 is 15.8 Å². The lowest BCUT2D eigenvalue weighted by Gasteiger charge is -2.07. The molecule has 0 unspecified atom stereocenters. The van der Waals surface area contributed by atoms with Crippen LogP contribution in [0.1, 0.15) is 38.2 Å². The Labute approximate surface area is 147 Å². The van der Waals surface area contributed by atoms with Crippen LogP contribution in [0.25, 0.3) is 0 Å². The van der Waals surface area contributed by atoms with E-state index < -0.39 is 6.61 Å². The summed E-state index contributed by atoms with van der Waals surface area (Å²) in [6.45, 7) is 0.464. The summed E-state index contributed by atoms with van der Waals surface area (Å²) in [6, 6.07) is 6.45. The molecule has 0 atom stereocenters. The number of nitrogens with zero attached hydrogens (tertiary/aromatic N) is 1. The van der Waals surface area contributed by atoms with E-state index in [0.29, 0.717) is 12.5 Å². The van der Waals surface area contributed by atoms with E-state index in [9.17, 15) is 8.78 Å². The predicted molar refractivity (Wildman–Crippen MR) is 96.0 cm³/mol. The number of aliphatic imine (C=N–C) groups is 1. The van der Waals surface area contributed by atoms with Crippen LogP contribution in [0.15, 0.2) is 29.3 Å². The summed E-state index contributed by atoms with van der Waals surface area (Å²) in [7, 11) is 0. The second kappa shape index (κ2) is 12.4. The van der Waals surface area contributed by atoms with Crippen LogP contribution < -0.4 is 15.8 Å². The van der Waals surface area contributed by atoms with Crippen molar-refractivity contribution in [1.82, 2.24) is 5.32 Å². The molecule has 0 aliphatic rings. The number of halogens is 3. The SMILES string of the molecule is CCCCCCNC(N)=NCc1cccc(OC(F)F)c1.I. The smallest absolute Gasteiger partial charge is 0.387 e. The normalized spacial score (nSPS) is 11.2. The highest BCUT2D eigenvalue weighted by Gasteiger charge is 2.04. The van der Waals surface area contributed by atoms with E-state index in [4.69, 9.17) is 5.73 Å². The second-order valence-corrected chi connectivity index (χ2v) is 4.71. The van der Waals surface area contributed by atoms with Gasteiger partial charge >= 0.3 is 6.61 Å². The summed E-state index contributed by atoms with van der Waals surface area (Å²) in [5.74, 6) is 0.496. The lowest BCUT2D eigenvalue weighted by atomic mass is 10.2. The van der Waals surface area contributed by atoms with Crippen LogP contribution in [-0.2, 0) is 6.54 Å². The second-order valence-electron chi connectivity index (χ2n) is 4.71. The lowest BCUT2D eigenvalue weighted by molar-refractivity contribution is -0.0498. The minimum Gasteiger partial charge on any atom is -0.435 e. The fourth-order valence-corrected chi connectivity index (χ4v) is 1.82. The number of benzene rings is 1. The number of nitrogens with two attached hydrogens (primary N) is 1. The molecule has 1 aromatic rings. The van der Waals surface area contributed by atoms with E-state index in [1.54, 1.807) is 12.1 Å². The third-order valence-electron chi connectivity index (χ3n) is 2.89. The fraction of sp³-hybridized carbons (Fsp3) is 0.533. The monoisotopic (exact) mass is 427 g/mol. The molecule has 22 heavy (non-hydrogen) atoms. The van der Waals surface area contributed by atoms with Crippen molar-refractivity contribution >= 4 is 29.9 Å². The highest BCUT2D eigenvalue weighted by Crippen LogP contribution is 2.16. The summed E-state index contributed by atoms with van der Waals surface area (Å²) in [4.78, 5) is 4.17. The maximum absolute atomic E-state index is 12.1. The van der Waals surface area contributed by atoms with E-state index in [1.807, 2.05) is 0 Å². The van der Waals surface area contributed by atoms with Gasteiger partial charge in [-0.15, -0.1) is 24.0 Å². The third-order valence-corrected chi connectivity index (χ3v) is 2.89. The maximum atomic E-state index is 12.1. The van der Waals surface area contributed by atoms with Crippen molar-refractivity contribution < 1.29 is 13.5 Å². The van der Waals surface area contributed by atoms with E-state index in [1.165, 1.54) is 31.4 Å². The van der Waals surface area contributed by atoms with Crippen LogP contribution in [0.3, 0.4) is 0 Å². The standard InChI is InChI=1S/C15H23F2N3O.HI/c1-2-3-4-5-9-19-15(18)20-11-12-7-6-8-13(10-12)21-14(16)17;/h6-8,10,14H,2-5,9,11H2,1H3,(H3,18,19,20);1H. The minimum absolute atomic E-state index is 0. The van der Waals surface area contributed by atoms with Crippen LogP contribution in [0.2, 0.25) is 0 Å². The summed E-state index contributed by atoms with van der Waals surface area (Å²) in [5, 5.41) is 3.04. The Balaban J connectivity index is 0.00000441. The Morgan fingerprint density at radius 2 is 2.09 bits per heavy atom. The molecule has 0 radical (unpaired) electrons. The van der Waals surface area contributed by atoms with E-state index in [0.717, 1.165) is 18.5 Å². The first-order valence-corrected chi connectivity index (χ1v) is 7.19. The van der Waals surface area contributed by atoms with E-state index >= 15 is 0 Å². The topological polar surface area (TPSA) is 59.6 Å². The number of nitrogens with one attached hydrogen (secondary N) is 1. The number of guanidine groups is 1. The Bertz CT molecular complexity index is 445. The lowest BCUT2D eigenvalue weighted by Crippen LogP contribution is -2.32. The number of unbranched alkanes of at least 4 members (excludes halogenated alkanes) is 3. The number of hydrogen-bond acceptors (Lipinski definition) is 2. The quantitative estimate of drug-likeness (QED) is 0.272. The van der Waals surface area contributed by atoms with Gasteiger partial charge in [-0.05, 0) is 24.1 Å². The van der Waals surface area contributed by atoms with Crippen LogP contribution >= 0.6 is 24.0 Å². The molecule has 7 heteroatoms. The van der Waals surface area contributed by atoms with Gasteiger partial charge in [-0.3, -0.25) is 0 Å². The molecule has 0 saturated carbocycles. The Kier molecular flexibility index (Phi) is 11.8. The van der Waals surface area contributed by atoms with Crippen LogP contribution in [0, 0.1) is 0 Å². The fourth-order valence-electron chi connectivity index (χ4n) is 1.82. The molecule has 3 N–H and O–H groups in total. The van der Waals surface area contributed by atoms with Crippen molar-refractivity contribution in [3.8, 4) is 5.75 Å². The van der Waals surface area contributed by atoms with Gasteiger partial charge in [-0.25, -0.2) is 4.99 Å². The summed E-state index contributed by atoms with van der Waals surface area (Å²) >= 11 is 0. The first-order valence-electron chi connectivity index (χ1n) is 7.19. The molecule has 0 amide bonds. The predicted octanol–water partition coefficient (Wildman–Crippen LogP) is 3.89. The molecule has 0 aliphatic heterocycles. The maximum Gasteiger partial charge on any atom is 0.387 e. The van der Waals surface area contributed by atoms with Crippen LogP contribution in [0.4, 0.5) is 8.78 Å². The first-order chi connectivity index (χ1) is 10.1. The Morgan fingerprint density at radius 1 is 1.32 bits per heavy atom. The summed E-state index contributed by atoms with van der Waals surface area (Å²) in [5.41, 5.74) is 6.51. The van der Waals surface area contributed by atoms with Gasteiger partial charge in [0.05, 0.1) is 6.54 Å². The van der Waals surface area contributed by atoms with Crippen molar-refractivity contribution in [2.45, 2.75) is 45.8 Å².